The highest BCUT2D eigenvalue weighted by molar-refractivity contribution is 5.62. The van der Waals surface area contributed by atoms with Crippen molar-refractivity contribution >= 4 is 5.69 Å². The molecule has 2 aromatic rings. The van der Waals surface area contributed by atoms with Crippen LogP contribution in [0.5, 0.6) is 17.2 Å². The fourth-order valence-corrected chi connectivity index (χ4v) is 1.75. The van der Waals surface area contributed by atoms with Crippen molar-refractivity contribution in [1.29, 1.82) is 0 Å². The molecule has 100 valence electrons. The van der Waals surface area contributed by atoms with Gasteiger partial charge in [-0.2, -0.15) is 0 Å². The summed E-state index contributed by atoms with van der Waals surface area (Å²) in [6.45, 7) is 0.425. The minimum Gasteiger partial charge on any atom is -0.497 e. The van der Waals surface area contributed by atoms with Crippen LogP contribution in [0.4, 0.5) is 5.69 Å². The minimum absolute atomic E-state index is 0.425. The number of benzene rings is 2. The van der Waals surface area contributed by atoms with Gasteiger partial charge in [-0.25, -0.2) is 0 Å². The monoisotopic (exact) mass is 259 g/mol. The van der Waals surface area contributed by atoms with E-state index >= 15 is 0 Å². The zero-order chi connectivity index (χ0) is 13.7. The van der Waals surface area contributed by atoms with Gasteiger partial charge in [-0.05, 0) is 29.8 Å². The molecule has 0 spiro atoms. The Hall–Kier alpha value is -2.36. The van der Waals surface area contributed by atoms with Crippen LogP contribution in [-0.2, 0) is 6.61 Å². The Morgan fingerprint density at radius 3 is 2.42 bits per heavy atom. The van der Waals surface area contributed by atoms with Crippen LogP contribution in [0.1, 0.15) is 5.56 Å². The van der Waals surface area contributed by atoms with Crippen LogP contribution in [0, 0.1) is 0 Å². The van der Waals surface area contributed by atoms with Gasteiger partial charge in [0.25, 0.3) is 0 Å². The van der Waals surface area contributed by atoms with E-state index in [1.165, 1.54) is 0 Å². The maximum atomic E-state index is 5.94. The highest BCUT2D eigenvalue weighted by atomic mass is 16.5. The number of ether oxygens (including phenoxy) is 3. The minimum atomic E-state index is 0.425. The maximum absolute atomic E-state index is 5.94. The smallest absolute Gasteiger partial charge is 0.146 e. The standard InChI is InChI=1S/C15H17NO3/c1-17-12-6-3-5-11(9-12)10-19-14-8-4-7-13(18-2)15(14)16/h3-9H,10,16H2,1-2H3. The molecule has 0 heterocycles. The van der Waals surface area contributed by atoms with Gasteiger partial charge < -0.3 is 19.9 Å². The number of rotatable bonds is 5. The van der Waals surface area contributed by atoms with Gasteiger partial charge in [0.15, 0.2) is 0 Å². The van der Waals surface area contributed by atoms with Gasteiger partial charge in [0, 0.05) is 0 Å². The summed E-state index contributed by atoms with van der Waals surface area (Å²) in [5.41, 5.74) is 7.46. The van der Waals surface area contributed by atoms with Crippen LogP contribution >= 0.6 is 0 Å². The van der Waals surface area contributed by atoms with E-state index in [-0.39, 0.29) is 0 Å². The number of nitrogens with two attached hydrogens (primary N) is 1. The SMILES string of the molecule is COc1cccc(COc2cccc(OC)c2N)c1. The number of anilines is 1. The lowest BCUT2D eigenvalue weighted by Crippen LogP contribution is -2.00. The highest BCUT2D eigenvalue weighted by Crippen LogP contribution is 2.31. The van der Waals surface area contributed by atoms with E-state index in [2.05, 4.69) is 0 Å². The van der Waals surface area contributed by atoms with Crippen molar-refractivity contribution in [3.05, 3.63) is 48.0 Å². The molecule has 0 aliphatic carbocycles. The van der Waals surface area contributed by atoms with E-state index in [4.69, 9.17) is 19.9 Å². The van der Waals surface area contributed by atoms with E-state index in [9.17, 15) is 0 Å². The molecule has 2 rings (SSSR count). The van der Waals surface area contributed by atoms with Gasteiger partial charge in [-0.3, -0.25) is 0 Å². The molecule has 0 aromatic heterocycles. The molecule has 4 heteroatoms. The maximum Gasteiger partial charge on any atom is 0.146 e. The van der Waals surface area contributed by atoms with Crippen molar-refractivity contribution in [3.63, 3.8) is 0 Å². The molecule has 0 saturated heterocycles. The Labute approximate surface area is 112 Å². The quantitative estimate of drug-likeness (QED) is 0.839. The number of nitrogen functional groups attached to an aromatic ring is 1. The van der Waals surface area contributed by atoms with E-state index in [1.54, 1.807) is 20.3 Å². The Morgan fingerprint density at radius 1 is 0.947 bits per heavy atom. The molecule has 0 aliphatic heterocycles. The summed E-state index contributed by atoms with van der Waals surface area (Å²) in [4.78, 5) is 0. The van der Waals surface area contributed by atoms with Crippen LogP contribution in [0.15, 0.2) is 42.5 Å². The second-order valence-corrected chi connectivity index (χ2v) is 4.01. The van der Waals surface area contributed by atoms with Crippen molar-refractivity contribution in [3.8, 4) is 17.2 Å². The third-order valence-electron chi connectivity index (χ3n) is 2.77. The van der Waals surface area contributed by atoms with Crippen molar-refractivity contribution in [2.75, 3.05) is 20.0 Å². The summed E-state index contributed by atoms with van der Waals surface area (Å²) < 4.78 is 16.0. The first kappa shape index (κ1) is 13.1. The first-order chi connectivity index (χ1) is 9.24. The molecular formula is C15H17NO3. The van der Waals surface area contributed by atoms with Crippen LogP contribution in [0.25, 0.3) is 0 Å². The first-order valence-corrected chi connectivity index (χ1v) is 5.93. The third kappa shape index (κ3) is 3.10. The molecule has 4 nitrogen and oxygen atoms in total. The summed E-state index contributed by atoms with van der Waals surface area (Å²) in [5.74, 6) is 2.03. The van der Waals surface area contributed by atoms with Crippen molar-refractivity contribution < 1.29 is 14.2 Å². The molecule has 0 atom stereocenters. The van der Waals surface area contributed by atoms with E-state index < -0.39 is 0 Å². The lowest BCUT2D eigenvalue weighted by Gasteiger charge is -2.12. The second-order valence-electron chi connectivity index (χ2n) is 4.01. The molecule has 0 unspecified atom stereocenters. The Bertz CT molecular complexity index is 555. The number of hydrogen-bond donors (Lipinski definition) is 1. The zero-order valence-corrected chi connectivity index (χ0v) is 11.1. The third-order valence-corrected chi connectivity index (χ3v) is 2.77. The summed E-state index contributed by atoms with van der Waals surface area (Å²) >= 11 is 0. The fourth-order valence-electron chi connectivity index (χ4n) is 1.75. The average molecular weight is 259 g/mol. The summed E-state index contributed by atoms with van der Waals surface area (Å²) in [6.07, 6.45) is 0. The largest absolute Gasteiger partial charge is 0.497 e. The van der Waals surface area contributed by atoms with Crippen LogP contribution in [0.3, 0.4) is 0 Å². The fraction of sp³-hybridized carbons (Fsp3) is 0.200. The number of methoxy groups -OCH3 is 2. The van der Waals surface area contributed by atoms with Gasteiger partial charge in [-0.1, -0.05) is 18.2 Å². The van der Waals surface area contributed by atoms with Crippen LogP contribution in [0.2, 0.25) is 0 Å². The Balaban J connectivity index is 2.10. The zero-order valence-electron chi connectivity index (χ0n) is 11.1. The molecular weight excluding hydrogens is 242 g/mol. The lowest BCUT2D eigenvalue weighted by molar-refractivity contribution is 0.305. The first-order valence-electron chi connectivity index (χ1n) is 5.93. The molecule has 0 radical (unpaired) electrons. The van der Waals surface area contributed by atoms with Gasteiger partial charge in [0.1, 0.15) is 29.5 Å². The van der Waals surface area contributed by atoms with E-state index in [0.717, 1.165) is 11.3 Å². The topological polar surface area (TPSA) is 53.7 Å². The van der Waals surface area contributed by atoms with Crippen molar-refractivity contribution in [1.82, 2.24) is 0 Å². The normalized spacial score (nSPS) is 10.0. The summed E-state index contributed by atoms with van der Waals surface area (Å²) in [5, 5.41) is 0. The van der Waals surface area contributed by atoms with Gasteiger partial charge in [-0.15, -0.1) is 0 Å². The highest BCUT2D eigenvalue weighted by Gasteiger charge is 2.06. The van der Waals surface area contributed by atoms with Gasteiger partial charge in [0.2, 0.25) is 0 Å². The van der Waals surface area contributed by atoms with Crippen molar-refractivity contribution in [2.24, 2.45) is 0 Å². The number of para-hydroxylation sites is 1. The average Bonchev–Trinajstić information content (AvgIpc) is 2.46. The molecule has 19 heavy (non-hydrogen) atoms. The van der Waals surface area contributed by atoms with E-state index in [1.807, 2.05) is 36.4 Å². The van der Waals surface area contributed by atoms with Gasteiger partial charge >= 0.3 is 0 Å². The number of hydrogen-bond acceptors (Lipinski definition) is 4. The van der Waals surface area contributed by atoms with Crippen LogP contribution in [-0.4, -0.2) is 14.2 Å². The molecule has 0 saturated carbocycles. The molecule has 0 fully saturated rings. The Morgan fingerprint density at radius 2 is 1.68 bits per heavy atom. The lowest BCUT2D eigenvalue weighted by atomic mass is 10.2. The summed E-state index contributed by atoms with van der Waals surface area (Å²) in [6, 6.07) is 13.2. The predicted octanol–water partition coefficient (Wildman–Crippen LogP) is 2.87. The molecule has 0 bridgehead atoms. The predicted molar refractivity (Wildman–Crippen MR) is 74.7 cm³/mol. The van der Waals surface area contributed by atoms with Crippen molar-refractivity contribution in [2.45, 2.75) is 6.61 Å². The van der Waals surface area contributed by atoms with Gasteiger partial charge in [0.05, 0.1) is 14.2 Å². The van der Waals surface area contributed by atoms with E-state index in [0.29, 0.717) is 23.8 Å². The second kappa shape index (κ2) is 6.00. The van der Waals surface area contributed by atoms with Crippen LogP contribution < -0.4 is 19.9 Å². The molecule has 0 aliphatic rings. The molecule has 2 aromatic carbocycles. The molecule has 2 N–H and O–H groups in total. The Kier molecular flexibility index (Phi) is 4.13. The molecule has 0 amide bonds. The summed E-state index contributed by atoms with van der Waals surface area (Å²) in [7, 11) is 3.22.